The van der Waals surface area contributed by atoms with Gasteiger partial charge < -0.3 is 4.74 Å². The Kier molecular flexibility index (Phi) is 4.33. The van der Waals surface area contributed by atoms with Gasteiger partial charge >= 0.3 is 6.09 Å². The van der Waals surface area contributed by atoms with Crippen LogP contribution in [0.4, 0.5) is 4.79 Å². The van der Waals surface area contributed by atoms with E-state index in [2.05, 4.69) is 5.48 Å². The normalized spacial score (nSPS) is 9.78. The highest BCUT2D eigenvalue weighted by molar-refractivity contribution is 5.68. The molecule has 2 rings (SSSR count). The molecule has 4 nitrogen and oxygen atoms in total. The second kappa shape index (κ2) is 6.42. The Bertz CT molecular complexity index is 485. The lowest BCUT2D eigenvalue weighted by Gasteiger charge is -2.03. The fourth-order valence-corrected chi connectivity index (χ4v) is 1.34. The summed E-state index contributed by atoms with van der Waals surface area (Å²) >= 11 is 0. The van der Waals surface area contributed by atoms with Gasteiger partial charge in [0, 0.05) is 0 Å². The van der Waals surface area contributed by atoms with Gasteiger partial charge in [-0.15, -0.1) is 0 Å². The van der Waals surface area contributed by atoms with Crippen molar-refractivity contribution in [1.29, 1.82) is 0 Å². The first-order valence-corrected chi connectivity index (χ1v) is 5.48. The van der Waals surface area contributed by atoms with E-state index in [1.54, 1.807) is 24.3 Å². The highest BCUT2D eigenvalue weighted by atomic mass is 16.7. The van der Waals surface area contributed by atoms with Crippen molar-refractivity contribution in [1.82, 2.24) is 5.48 Å². The van der Waals surface area contributed by atoms with Crippen LogP contribution in [0.5, 0.6) is 5.75 Å². The largest absolute Gasteiger partial charge is 0.461 e. The Hall–Kier alpha value is -2.33. The summed E-state index contributed by atoms with van der Waals surface area (Å²) in [5.41, 5.74) is 4.29. The molecular weight excluding hydrogens is 230 g/mol. The van der Waals surface area contributed by atoms with Gasteiger partial charge in [0.1, 0.15) is 12.4 Å². The second-order valence-electron chi connectivity index (χ2n) is 3.53. The van der Waals surface area contributed by atoms with Crippen molar-refractivity contribution in [3.05, 3.63) is 66.2 Å². The Morgan fingerprint density at radius 2 is 1.56 bits per heavy atom. The summed E-state index contributed by atoms with van der Waals surface area (Å²) in [6, 6.07) is 18.2. The molecular formula is C14H12NO3. The van der Waals surface area contributed by atoms with Crippen molar-refractivity contribution in [3.8, 4) is 5.75 Å². The predicted molar refractivity (Wildman–Crippen MR) is 65.8 cm³/mol. The summed E-state index contributed by atoms with van der Waals surface area (Å²) in [4.78, 5) is 16.2. The zero-order valence-electron chi connectivity index (χ0n) is 9.65. The molecule has 0 fully saturated rings. The predicted octanol–water partition coefficient (Wildman–Crippen LogP) is 2.92. The molecule has 0 aliphatic rings. The maximum atomic E-state index is 11.3. The number of hydroxylamine groups is 1. The van der Waals surface area contributed by atoms with E-state index in [4.69, 9.17) is 9.57 Å². The zero-order chi connectivity index (χ0) is 12.6. The number of para-hydroxylation sites is 1. The number of rotatable bonds is 4. The highest BCUT2D eigenvalue weighted by Crippen LogP contribution is 2.08. The molecule has 0 atom stereocenters. The minimum atomic E-state index is -0.767. The van der Waals surface area contributed by atoms with Gasteiger partial charge in [0.15, 0.2) is 0 Å². The summed E-state index contributed by atoms with van der Waals surface area (Å²) in [6.45, 7) is 0.241. The molecule has 0 heterocycles. The van der Waals surface area contributed by atoms with E-state index in [0.29, 0.717) is 5.75 Å². The zero-order valence-corrected chi connectivity index (χ0v) is 9.65. The number of hydrogen-bond donors (Lipinski definition) is 0. The van der Waals surface area contributed by atoms with E-state index in [-0.39, 0.29) is 6.61 Å². The first-order chi connectivity index (χ1) is 8.84. The van der Waals surface area contributed by atoms with Gasteiger partial charge in [-0.2, -0.15) is 0 Å². The molecule has 0 spiro atoms. The maximum absolute atomic E-state index is 11.3. The summed E-state index contributed by atoms with van der Waals surface area (Å²) in [7, 11) is 0. The van der Waals surface area contributed by atoms with Crippen molar-refractivity contribution in [2.75, 3.05) is 0 Å². The van der Waals surface area contributed by atoms with Crippen molar-refractivity contribution in [2.24, 2.45) is 0 Å². The van der Waals surface area contributed by atoms with Crippen LogP contribution in [0.3, 0.4) is 0 Å². The van der Waals surface area contributed by atoms with Gasteiger partial charge in [0.25, 0.3) is 0 Å². The molecule has 0 aliphatic carbocycles. The van der Waals surface area contributed by atoms with Crippen LogP contribution in [0.1, 0.15) is 5.56 Å². The van der Waals surface area contributed by atoms with E-state index in [9.17, 15) is 4.79 Å². The molecule has 2 aromatic carbocycles. The average molecular weight is 242 g/mol. The van der Waals surface area contributed by atoms with Gasteiger partial charge in [-0.05, 0) is 17.7 Å². The van der Waals surface area contributed by atoms with E-state index < -0.39 is 6.09 Å². The third-order valence-electron chi connectivity index (χ3n) is 2.16. The van der Waals surface area contributed by atoms with E-state index in [1.165, 1.54) is 0 Å². The lowest BCUT2D eigenvalue weighted by molar-refractivity contribution is 0.0275. The van der Waals surface area contributed by atoms with Crippen LogP contribution in [-0.4, -0.2) is 6.09 Å². The lowest BCUT2D eigenvalue weighted by Crippen LogP contribution is -2.20. The van der Waals surface area contributed by atoms with Gasteiger partial charge in [0.2, 0.25) is 0 Å². The van der Waals surface area contributed by atoms with Crippen molar-refractivity contribution >= 4 is 6.09 Å². The number of nitrogens with zero attached hydrogens (tertiary/aromatic N) is 1. The first-order valence-electron chi connectivity index (χ1n) is 5.48. The van der Waals surface area contributed by atoms with Crippen LogP contribution < -0.4 is 10.2 Å². The van der Waals surface area contributed by atoms with Crippen LogP contribution in [0.15, 0.2) is 60.7 Å². The Morgan fingerprint density at radius 3 is 2.22 bits per heavy atom. The third kappa shape index (κ3) is 3.92. The SMILES string of the molecule is O=C([N]OCc1ccccc1)Oc1ccccc1. The minimum absolute atomic E-state index is 0.241. The molecule has 2 aromatic rings. The van der Waals surface area contributed by atoms with Gasteiger partial charge in [0.05, 0.1) is 0 Å². The van der Waals surface area contributed by atoms with Gasteiger partial charge in [-0.25, -0.2) is 9.63 Å². The van der Waals surface area contributed by atoms with Gasteiger partial charge in [-0.1, -0.05) is 54.0 Å². The first kappa shape index (κ1) is 12.1. The fraction of sp³-hybridized carbons (Fsp3) is 0.0714. The quantitative estimate of drug-likeness (QED) is 0.774. The van der Waals surface area contributed by atoms with Crippen molar-refractivity contribution in [3.63, 3.8) is 0 Å². The summed E-state index contributed by atoms with van der Waals surface area (Å²) in [5, 5.41) is 0. The molecule has 1 radical (unpaired) electrons. The molecule has 0 bridgehead atoms. The number of ether oxygens (including phenoxy) is 1. The molecule has 0 aliphatic heterocycles. The van der Waals surface area contributed by atoms with E-state index in [0.717, 1.165) is 5.56 Å². The summed E-state index contributed by atoms with van der Waals surface area (Å²) in [5.74, 6) is 0.439. The average Bonchev–Trinajstić information content (AvgIpc) is 2.41. The fourth-order valence-electron chi connectivity index (χ4n) is 1.34. The Morgan fingerprint density at radius 1 is 0.944 bits per heavy atom. The molecule has 18 heavy (non-hydrogen) atoms. The van der Waals surface area contributed by atoms with Crippen LogP contribution in [0.25, 0.3) is 0 Å². The lowest BCUT2D eigenvalue weighted by atomic mass is 10.2. The standard InChI is InChI=1S/C14H12NO3/c16-14(18-13-9-5-2-6-10-13)15-17-11-12-7-3-1-4-8-12/h1-10H,11H2. The van der Waals surface area contributed by atoms with E-state index >= 15 is 0 Å². The topological polar surface area (TPSA) is 49.6 Å². The molecule has 0 saturated heterocycles. The van der Waals surface area contributed by atoms with E-state index in [1.807, 2.05) is 36.4 Å². The third-order valence-corrected chi connectivity index (χ3v) is 2.16. The molecule has 4 heteroatoms. The van der Waals surface area contributed by atoms with Crippen LogP contribution in [0.2, 0.25) is 0 Å². The van der Waals surface area contributed by atoms with Gasteiger partial charge in [-0.3, -0.25) is 0 Å². The van der Waals surface area contributed by atoms with Crippen molar-refractivity contribution in [2.45, 2.75) is 6.61 Å². The minimum Gasteiger partial charge on any atom is -0.407 e. The van der Waals surface area contributed by atoms with Crippen LogP contribution in [0, 0.1) is 0 Å². The molecule has 0 aromatic heterocycles. The number of hydrogen-bond acceptors (Lipinski definition) is 3. The monoisotopic (exact) mass is 242 g/mol. The number of carbonyl (C=O) groups is 1. The summed E-state index contributed by atoms with van der Waals surface area (Å²) in [6.07, 6.45) is -0.767. The number of carbonyl (C=O) groups excluding carboxylic acids is 1. The number of benzene rings is 2. The van der Waals surface area contributed by atoms with Crippen LogP contribution >= 0.6 is 0 Å². The molecule has 0 unspecified atom stereocenters. The maximum Gasteiger partial charge on any atom is 0.461 e. The second-order valence-corrected chi connectivity index (χ2v) is 3.53. The van der Waals surface area contributed by atoms with Crippen molar-refractivity contribution < 1.29 is 14.4 Å². The molecule has 1 amide bonds. The molecule has 0 saturated carbocycles. The van der Waals surface area contributed by atoms with Crippen LogP contribution in [-0.2, 0) is 11.4 Å². The summed E-state index contributed by atoms with van der Waals surface area (Å²) < 4.78 is 4.92. The Balaban J connectivity index is 1.73. The smallest absolute Gasteiger partial charge is 0.407 e. The Labute approximate surface area is 105 Å². The number of amides is 1. The molecule has 0 N–H and O–H groups in total. The highest BCUT2D eigenvalue weighted by Gasteiger charge is 2.06. The molecule has 91 valence electrons.